The van der Waals surface area contributed by atoms with Crippen LogP contribution in [0.5, 0.6) is 11.5 Å². The molecule has 0 atom stereocenters. The van der Waals surface area contributed by atoms with Crippen molar-refractivity contribution in [3.63, 3.8) is 0 Å². The largest absolute Gasteiger partial charge is 0.493 e. The molecular weight excluding hydrogens is 238 g/mol. The van der Waals surface area contributed by atoms with Crippen molar-refractivity contribution in [2.45, 2.75) is 19.3 Å². The molecule has 0 spiro atoms. The van der Waals surface area contributed by atoms with Crippen molar-refractivity contribution in [1.82, 2.24) is 0 Å². The summed E-state index contributed by atoms with van der Waals surface area (Å²) < 4.78 is 11.2. The Balaban J connectivity index is 1.78. The van der Waals surface area contributed by atoms with Crippen LogP contribution in [0.2, 0.25) is 0 Å². The van der Waals surface area contributed by atoms with Crippen molar-refractivity contribution in [2.75, 3.05) is 19.8 Å². The van der Waals surface area contributed by atoms with Crippen LogP contribution in [0.25, 0.3) is 0 Å². The fraction of sp³-hybridized carbons (Fsp3) is 0.375. The number of benzene rings is 1. The van der Waals surface area contributed by atoms with Crippen LogP contribution in [-0.4, -0.2) is 19.8 Å². The molecule has 19 heavy (non-hydrogen) atoms. The number of ether oxygens (including phenoxy) is 2. The molecule has 0 aliphatic heterocycles. The highest BCUT2D eigenvalue weighted by atomic mass is 16.5. The second kappa shape index (κ2) is 7.64. The lowest BCUT2D eigenvalue weighted by atomic mass is 10.0. The van der Waals surface area contributed by atoms with Crippen LogP contribution >= 0.6 is 0 Å². The molecule has 1 aliphatic carbocycles. The van der Waals surface area contributed by atoms with Crippen LogP contribution in [0.15, 0.2) is 48.1 Å². The maximum atomic E-state index is 5.75. The van der Waals surface area contributed by atoms with Gasteiger partial charge in [0.05, 0.1) is 6.61 Å². The number of rotatable bonds is 7. The molecule has 2 N–H and O–H groups in total. The van der Waals surface area contributed by atoms with E-state index in [0.717, 1.165) is 30.8 Å². The van der Waals surface area contributed by atoms with Gasteiger partial charge in [0, 0.05) is 19.0 Å². The Morgan fingerprint density at radius 1 is 1.11 bits per heavy atom. The summed E-state index contributed by atoms with van der Waals surface area (Å²) in [6.45, 7) is 1.76. The number of hydrogen-bond donors (Lipinski definition) is 1. The molecule has 3 nitrogen and oxygen atoms in total. The summed E-state index contributed by atoms with van der Waals surface area (Å²) >= 11 is 0. The Kier molecular flexibility index (Phi) is 5.50. The lowest BCUT2D eigenvalue weighted by molar-refractivity contribution is 0.307. The quantitative estimate of drug-likeness (QED) is 0.818. The number of hydrogen-bond acceptors (Lipinski definition) is 3. The molecule has 0 unspecified atom stereocenters. The van der Waals surface area contributed by atoms with E-state index in [9.17, 15) is 0 Å². The maximum Gasteiger partial charge on any atom is 0.123 e. The highest BCUT2D eigenvalue weighted by molar-refractivity contribution is 5.33. The summed E-state index contributed by atoms with van der Waals surface area (Å²) in [6.07, 6.45) is 9.79. The molecule has 0 radical (unpaired) electrons. The van der Waals surface area contributed by atoms with Gasteiger partial charge in [0.2, 0.25) is 0 Å². The fourth-order valence-electron chi connectivity index (χ4n) is 1.99. The normalized spacial score (nSPS) is 14.1. The van der Waals surface area contributed by atoms with Gasteiger partial charge in [-0.2, -0.15) is 0 Å². The Morgan fingerprint density at radius 3 is 2.58 bits per heavy atom. The second-order valence-corrected chi connectivity index (χ2v) is 4.50. The van der Waals surface area contributed by atoms with Crippen LogP contribution in [-0.2, 0) is 0 Å². The minimum absolute atomic E-state index is 0.521. The summed E-state index contributed by atoms with van der Waals surface area (Å²) in [5.74, 6) is 1.66. The van der Waals surface area contributed by atoms with Gasteiger partial charge in [-0.05, 0) is 25.0 Å². The van der Waals surface area contributed by atoms with Crippen LogP contribution in [0.3, 0.4) is 0 Å². The summed E-state index contributed by atoms with van der Waals surface area (Å²) in [5, 5.41) is 0. The van der Waals surface area contributed by atoms with Crippen molar-refractivity contribution in [3.05, 3.63) is 48.1 Å². The first-order chi connectivity index (χ1) is 9.38. The molecule has 0 amide bonds. The van der Waals surface area contributed by atoms with Gasteiger partial charge in [0.25, 0.3) is 0 Å². The highest BCUT2D eigenvalue weighted by Crippen LogP contribution is 2.21. The molecule has 1 aromatic carbocycles. The second-order valence-electron chi connectivity index (χ2n) is 4.50. The highest BCUT2D eigenvalue weighted by Gasteiger charge is 2.01. The molecule has 1 aliphatic rings. The minimum Gasteiger partial charge on any atom is -0.493 e. The first kappa shape index (κ1) is 13.7. The molecule has 0 fully saturated rings. The summed E-state index contributed by atoms with van der Waals surface area (Å²) in [5.41, 5.74) is 6.87. The Labute approximate surface area is 114 Å². The summed E-state index contributed by atoms with van der Waals surface area (Å²) in [7, 11) is 0. The topological polar surface area (TPSA) is 44.5 Å². The first-order valence-electron chi connectivity index (χ1n) is 6.79. The zero-order valence-corrected chi connectivity index (χ0v) is 11.2. The smallest absolute Gasteiger partial charge is 0.123 e. The van der Waals surface area contributed by atoms with Gasteiger partial charge in [-0.1, -0.05) is 29.9 Å². The van der Waals surface area contributed by atoms with E-state index in [1.807, 2.05) is 24.3 Å². The molecule has 3 heteroatoms. The van der Waals surface area contributed by atoms with E-state index in [4.69, 9.17) is 15.2 Å². The third kappa shape index (κ3) is 4.79. The van der Waals surface area contributed by atoms with E-state index in [1.54, 1.807) is 0 Å². The third-order valence-electron chi connectivity index (χ3n) is 2.98. The minimum atomic E-state index is 0.521. The molecular formula is C16H21NO2. The predicted molar refractivity (Wildman–Crippen MR) is 77.6 cm³/mol. The van der Waals surface area contributed by atoms with E-state index in [-0.39, 0.29) is 0 Å². The lowest BCUT2D eigenvalue weighted by Crippen LogP contribution is -2.10. The van der Waals surface area contributed by atoms with Crippen molar-refractivity contribution in [2.24, 2.45) is 5.73 Å². The Morgan fingerprint density at radius 2 is 1.89 bits per heavy atom. The zero-order chi connectivity index (χ0) is 13.3. The molecule has 1 aromatic rings. The number of nitrogens with two attached hydrogens (primary N) is 1. The van der Waals surface area contributed by atoms with Crippen molar-refractivity contribution in [3.8, 4) is 11.5 Å². The molecule has 102 valence electrons. The van der Waals surface area contributed by atoms with Crippen LogP contribution in [0.4, 0.5) is 0 Å². The Bertz CT molecular complexity index is 452. The zero-order valence-electron chi connectivity index (χ0n) is 11.2. The molecule has 0 aromatic heterocycles. The summed E-state index contributed by atoms with van der Waals surface area (Å²) in [4.78, 5) is 0. The van der Waals surface area contributed by atoms with Gasteiger partial charge in [-0.25, -0.2) is 0 Å². The molecule has 0 saturated carbocycles. The fourth-order valence-corrected chi connectivity index (χ4v) is 1.99. The van der Waals surface area contributed by atoms with Crippen LogP contribution < -0.4 is 15.2 Å². The van der Waals surface area contributed by atoms with Crippen LogP contribution in [0.1, 0.15) is 19.3 Å². The summed E-state index contributed by atoms with van der Waals surface area (Å²) in [6, 6.07) is 7.70. The van der Waals surface area contributed by atoms with E-state index in [1.165, 1.54) is 5.57 Å². The van der Waals surface area contributed by atoms with Gasteiger partial charge in [0.15, 0.2) is 0 Å². The van der Waals surface area contributed by atoms with Crippen molar-refractivity contribution in [1.29, 1.82) is 0 Å². The molecule has 0 heterocycles. The number of allylic oxidation sites excluding steroid dienone is 3. The average Bonchev–Trinajstić information content (AvgIpc) is 2.47. The monoisotopic (exact) mass is 259 g/mol. The standard InChI is InChI=1S/C16H21NO2/c17-10-12-19-16-8-4-7-15(13-16)18-11-9-14-5-2-1-3-6-14/h1-2,4-5,7-8,13H,3,6,9-12,17H2. The third-order valence-corrected chi connectivity index (χ3v) is 2.98. The Hall–Kier alpha value is -1.74. The van der Waals surface area contributed by atoms with Crippen molar-refractivity contribution >= 4 is 0 Å². The van der Waals surface area contributed by atoms with E-state index >= 15 is 0 Å². The van der Waals surface area contributed by atoms with E-state index in [0.29, 0.717) is 19.8 Å². The van der Waals surface area contributed by atoms with Gasteiger partial charge in [0.1, 0.15) is 18.1 Å². The maximum absolute atomic E-state index is 5.75. The van der Waals surface area contributed by atoms with E-state index < -0.39 is 0 Å². The van der Waals surface area contributed by atoms with Gasteiger partial charge >= 0.3 is 0 Å². The average molecular weight is 259 g/mol. The van der Waals surface area contributed by atoms with Gasteiger partial charge in [-0.3, -0.25) is 0 Å². The van der Waals surface area contributed by atoms with Gasteiger partial charge in [-0.15, -0.1) is 0 Å². The lowest BCUT2D eigenvalue weighted by Gasteiger charge is -2.11. The SMILES string of the molecule is NCCOc1cccc(OCCC2=CC=CCC2)c1. The molecule has 0 bridgehead atoms. The van der Waals surface area contributed by atoms with E-state index in [2.05, 4.69) is 18.2 Å². The predicted octanol–water partition coefficient (Wildman–Crippen LogP) is 3.07. The molecule has 0 saturated heterocycles. The first-order valence-corrected chi connectivity index (χ1v) is 6.79. The van der Waals surface area contributed by atoms with Crippen molar-refractivity contribution < 1.29 is 9.47 Å². The van der Waals surface area contributed by atoms with Gasteiger partial charge < -0.3 is 15.2 Å². The van der Waals surface area contributed by atoms with Crippen LogP contribution in [0, 0.1) is 0 Å². The molecule has 2 rings (SSSR count).